The lowest BCUT2D eigenvalue weighted by Crippen LogP contribution is -2.15. The molecule has 0 saturated heterocycles. The first-order valence-corrected chi connectivity index (χ1v) is 7.35. The van der Waals surface area contributed by atoms with Crippen molar-refractivity contribution in [1.82, 2.24) is 9.78 Å². The van der Waals surface area contributed by atoms with Gasteiger partial charge in [-0.25, -0.2) is 0 Å². The first-order valence-electron chi connectivity index (χ1n) is 6.97. The van der Waals surface area contributed by atoms with Crippen molar-refractivity contribution in [2.24, 2.45) is 11.7 Å². The number of ketones is 1. The van der Waals surface area contributed by atoms with Gasteiger partial charge in [0, 0.05) is 12.5 Å². The maximum Gasteiger partial charge on any atom is 0.182 e. The zero-order valence-corrected chi connectivity index (χ0v) is 12.8. The Bertz CT molecular complexity index is 415. The first-order chi connectivity index (χ1) is 9.01. The zero-order chi connectivity index (χ0) is 14.4. The van der Waals surface area contributed by atoms with Crippen LogP contribution in [0.4, 0.5) is 0 Å². The molecule has 1 atom stereocenters. The molecule has 0 radical (unpaired) electrons. The highest BCUT2D eigenvalue weighted by Crippen LogP contribution is 2.23. The van der Waals surface area contributed by atoms with E-state index in [1.54, 1.807) is 10.9 Å². The Labute approximate surface area is 120 Å². The van der Waals surface area contributed by atoms with Gasteiger partial charge in [0.2, 0.25) is 0 Å². The van der Waals surface area contributed by atoms with Crippen molar-refractivity contribution in [3.05, 3.63) is 16.9 Å². The molecule has 1 aromatic heterocycles. The SMILES string of the molecule is CCC(CCN)CCC(=O)c1c(Cl)cnn1C(C)C. The number of aromatic nitrogens is 2. The van der Waals surface area contributed by atoms with Gasteiger partial charge < -0.3 is 5.73 Å². The van der Waals surface area contributed by atoms with Gasteiger partial charge in [-0.05, 0) is 39.2 Å². The van der Waals surface area contributed by atoms with Crippen LogP contribution in [0.15, 0.2) is 6.20 Å². The van der Waals surface area contributed by atoms with Crippen LogP contribution in [0.2, 0.25) is 5.02 Å². The molecule has 1 heterocycles. The third kappa shape index (κ3) is 4.32. The van der Waals surface area contributed by atoms with Gasteiger partial charge in [0.25, 0.3) is 0 Å². The second-order valence-corrected chi connectivity index (χ2v) is 5.60. The van der Waals surface area contributed by atoms with Gasteiger partial charge in [0.15, 0.2) is 5.78 Å². The van der Waals surface area contributed by atoms with E-state index in [1.807, 2.05) is 13.8 Å². The summed E-state index contributed by atoms with van der Waals surface area (Å²) in [7, 11) is 0. The topological polar surface area (TPSA) is 60.9 Å². The summed E-state index contributed by atoms with van der Waals surface area (Å²) in [5.74, 6) is 0.592. The Balaban J connectivity index is 2.70. The molecule has 1 unspecified atom stereocenters. The average Bonchev–Trinajstić information content (AvgIpc) is 2.76. The van der Waals surface area contributed by atoms with E-state index in [-0.39, 0.29) is 11.8 Å². The molecule has 1 aromatic rings. The first kappa shape index (κ1) is 16.2. The normalized spacial score (nSPS) is 12.9. The van der Waals surface area contributed by atoms with E-state index in [2.05, 4.69) is 12.0 Å². The largest absolute Gasteiger partial charge is 0.330 e. The monoisotopic (exact) mass is 285 g/mol. The molecule has 0 bridgehead atoms. The lowest BCUT2D eigenvalue weighted by molar-refractivity contribution is 0.0960. The van der Waals surface area contributed by atoms with Crippen LogP contribution < -0.4 is 5.73 Å². The molecule has 0 aliphatic rings. The number of nitrogens with zero attached hydrogens (tertiary/aromatic N) is 2. The Morgan fingerprint density at radius 2 is 2.16 bits per heavy atom. The van der Waals surface area contributed by atoms with E-state index in [0.29, 0.717) is 29.6 Å². The number of carbonyl (C=O) groups excluding carboxylic acids is 1. The molecule has 1 rings (SSSR count). The van der Waals surface area contributed by atoms with Crippen molar-refractivity contribution < 1.29 is 4.79 Å². The number of carbonyl (C=O) groups is 1. The predicted molar refractivity (Wildman–Crippen MR) is 78.6 cm³/mol. The summed E-state index contributed by atoms with van der Waals surface area (Å²) < 4.78 is 1.70. The number of hydrogen-bond acceptors (Lipinski definition) is 3. The second-order valence-electron chi connectivity index (χ2n) is 5.19. The number of rotatable bonds is 8. The van der Waals surface area contributed by atoms with Gasteiger partial charge in [-0.3, -0.25) is 9.48 Å². The molecule has 0 fully saturated rings. The van der Waals surface area contributed by atoms with Gasteiger partial charge in [-0.1, -0.05) is 24.9 Å². The zero-order valence-electron chi connectivity index (χ0n) is 12.0. The summed E-state index contributed by atoms with van der Waals surface area (Å²) in [6.45, 7) is 6.79. The maximum atomic E-state index is 12.3. The fraction of sp³-hybridized carbons (Fsp3) is 0.714. The van der Waals surface area contributed by atoms with Gasteiger partial charge in [0.05, 0.1) is 11.2 Å². The van der Waals surface area contributed by atoms with Crippen LogP contribution in [0.5, 0.6) is 0 Å². The smallest absolute Gasteiger partial charge is 0.182 e. The summed E-state index contributed by atoms with van der Waals surface area (Å²) in [6, 6.07) is 0.137. The minimum absolute atomic E-state index is 0.0756. The Hall–Kier alpha value is -0.870. The van der Waals surface area contributed by atoms with Crippen LogP contribution in [0.1, 0.15) is 63.0 Å². The summed E-state index contributed by atoms with van der Waals surface area (Å²) >= 11 is 6.07. The molecule has 0 aromatic carbocycles. The molecule has 0 aliphatic heterocycles. The van der Waals surface area contributed by atoms with Crippen LogP contribution >= 0.6 is 11.6 Å². The number of halogens is 1. The second kappa shape index (κ2) is 7.65. The fourth-order valence-corrected chi connectivity index (χ4v) is 2.47. The van der Waals surface area contributed by atoms with E-state index >= 15 is 0 Å². The molecule has 108 valence electrons. The fourth-order valence-electron chi connectivity index (χ4n) is 2.24. The Morgan fingerprint density at radius 1 is 1.47 bits per heavy atom. The summed E-state index contributed by atoms with van der Waals surface area (Å²) in [5, 5.41) is 4.61. The number of Topliss-reactive ketones (excluding diaryl/α,β-unsaturated/α-hetero) is 1. The molecular formula is C14H24ClN3O. The van der Waals surface area contributed by atoms with Gasteiger partial charge in [-0.2, -0.15) is 5.10 Å². The minimum atomic E-state index is 0.0756. The van der Waals surface area contributed by atoms with Crippen molar-refractivity contribution in [2.45, 2.75) is 52.5 Å². The van der Waals surface area contributed by atoms with E-state index < -0.39 is 0 Å². The van der Waals surface area contributed by atoms with E-state index in [9.17, 15) is 4.79 Å². The van der Waals surface area contributed by atoms with Crippen LogP contribution in [0, 0.1) is 5.92 Å². The van der Waals surface area contributed by atoms with Crippen LogP contribution in [0.3, 0.4) is 0 Å². The third-order valence-electron chi connectivity index (χ3n) is 3.44. The van der Waals surface area contributed by atoms with Crippen molar-refractivity contribution in [3.8, 4) is 0 Å². The molecule has 0 saturated carbocycles. The maximum absolute atomic E-state index is 12.3. The third-order valence-corrected chi connectivity index (χ3v) is 3.71. The Morgan fingerprint density at radius 3 is 2.68 bits per heavy atom. The minimum Gasteiger partial charge on any atom is -0.330 e. The molecule has 0 amide bonds. The van der Waals surface area contributed by atoms with Crippen molar-refractivity contribution in [2.75, 3.05) is 6.54 Å². The van der Waals surface area contributed by atoms with Crippen LogP contribution in [-0.4, -0.2) is 22.1 Å². The number of nitrogens with two attached hydrogens (primary N) is 1. The average molecular weight is 286 g/mol. The standard InChI is InChI=1S/C14H24ClN3O/c1-4-11(7-8-16)5-6-13(19)14-12(15)9-17-18(14)10(2)3/h9-11H,4-8,16H2,1-3H3. The summed E-state index contributed by atoms with van der Waals surface area (Å²) in [4.78, 5) is 12.3. The van der Waals surface area contributed by atoms with Crippen molar-refractivity contribution >= 4 is 17.4 Å². The number of hydrogen-bond donors (Lipinski definition) is 1. The highest BCUT2D eigenvalue weighted by Gasteiger charge is 2.19. The van der Waals surface area contributed by atoms with E-state index in [0.717, 1.165) is 19.3 Å². The molecule has 0 aliphatic carbocycles. The van der Waals surface area contributed by atoms with Gasteiger partial charge in [0.1, 0.15) is 5.69 Å². The van der Waals surface area contributed by atoms with Crippen molar-refractivity contribution in [1.29, 1.82) is 0 Å². The lowest BCUT2D eigenvalue weighted by atomic mass is 9.95. The summed E-state index contributed by atoms with van der Waals surface area (Å²) in [6.07, 6.45) is 4.96. The molecule has 5 heteroatoms. The molecule has 0 spiro atoms. The summed E-state index contributed by atoms with van der Waals surface area (Å²) in [5.41, 5.74) is 6.11. The van der Waals surface area contributed by atoms with E-state index in [1.165, 1.54) is 0 Å². The Kier molecular flexibility index (Phi) is 6.52. The van der Waals surface area contributed by atoms with Gasteiger partial charge >= 0.3 is 0 Å². The van der Waals surface area contributed by atoms with Gasteiger partial charge in [-0.15, -0.1) is 0 Å². The highest BCUT2D eigenvalue weighted by atomic mass is 35.5. The molecular weight excluding hydrogens is 262 g/mol. The van der Waals surface area contributed by atoms with E-state index in [4.69, 9.17) is 17.3 Å². The van der Waals surface area contributed by atoms with Crippen LogP contribution in [-0.2, 0) is 0 Å². The predicted octanol–water partition coefficient (Wildman–Crippen LogP) is 3.46. The quantitative estimate of drug-likeness (QED) is 0.744. The molecule has 2 N–H and O–H groups in total. The molecule has 4 nitrogen and oxygen atoms in total. The van der Waals surface area contributed by atoms with Crippen molar-refractivity contribution in [3.63, 3.8) is 0 Å². The lowest BCUT2D eigenvalue weighted by Gasteiger charge is -2.14. The van der Waals surface area contributed by atoms with Crippen LogP contribution in [0.25, 0.3) is 0 Å². The molecule has 19 heavy (non-hydrogen) atoms. The highest BCUT2D eigenvalue weighted by molar-refractivity contribution is 6.33.